The maximum atomic E-state index is 13.8. The summed E-state index contributed by atoms with van der Waals surface area (Å²) in [5, 5.41) is 5.54. The van der Waals surface area contributed by atoms with Gasteiger partial charge in [-0.3, -0.25) is 9.78 Å². The van der Waals surface area contributed by atoms with Crippen molar-refractivity contribution in [3.63, 3.8) is 0 Å². The zero-order valence-corrected chi connectivity index (χ0v) is 13.1. The average Bonchev–Trinajstić information content (AvgIpc) is 2.89. The van der Waals surface area contributed by atoms with Gasteiger partial charge in [-0.25, -0.2) is 9.18 Å². The average molecular weight is 329 g/mol. The molecular formula is C17H16FN3O3. The Hall–Kier alpha value is -3.09. The van der Waals surface area contributed by atoms with Gasteiger partial charge in [-0.15, -0.1) is 0 Å². The second-order valence-corrected chi connectivity index (χ2v) is 5.56. The van der Waals surface area contributed by atoms with Crippen molar-refractivity contribution in [2.24, 2.45) is 0 Å². The van der Waals surface area contributed by atoms with Crippen LogP contribution in [-0.2, 0) is 4.79 Å². The molecule has 0 saturated heterocycles. The first-order valence-electron chi connectivity index (χ1n) is 7.39. The summed E-state index contributed by atoms with van der Waals surface area (Å²) in [6.45, 7) is 3.43. The summed E-state index contributed by atoms with van der Waals surface area (Å²) in [4.78, 5) is 25.9. The van der Waals surface area contributed by atoms with Gasteiger partial charge in [-0.2, -0.15) is 0 Å². The van der Waals surface area contributed by atoms with Crippen molar-refractivity contribution in [2.75, 3.05) is 10.6 Å². The summed E-state index contributed by atoms with van der Waals surface area (Å²) in [6.07, 6.45) is 0. The fourth-order valence-electron chi connectivity index (χ4n) is 2.32. The Morgan fingerprint density at radius 2 is 2.04 bits per heavy atom. The van der Waals surface area contributed by atoms with Crippen LogP contribution in [-0.4, -0.2) is 16.9 Å². The van der Waals surface area contributed by atoms with Gasteiger partial charge in [0.2, 0.25) is 5.91 Å². The number of amides is 1. The van der Waals surface area contributed by atoms with E-state index in [1.807, 2.05) is 0 Å². The van der Waals surface area contributed by atoms with Crippen molar-refractivity contribution in [3.05, 3.63) is 58.3 Å². The number of aromatic amines is 1. The van der Waals surface area contributed by atoms with Gasteiger partial charge in [-0.1, -0.05) is 6.07 Å². The van der Waals surface area contributed by atoms with Crippen molar-refractivity contribution < 1.29 is 13.6 Å². The summed E-state index contributed by atoms with van der Waals surface area (Å²) in [5.41, 5.74) is 2.51. The van der Waals surface area contributed by atoms with Gasteiger partial charge >= 0.3 is 5.76 Å². The van der Waals surface area contributed by atoms with Crippen molar-refractivity contribution in [1.29, 1.82) is 0 Å². The minimum absolute atomic E-state index is 0.133. The van der Waals surface area contributed by atoms with Gasteiger partial charge < -0.3 is 15.1 Å². The highest BCUT2D eigenvalue weighted by Crippen LogP contribution is 2.18. The molecule has 7 heteroatoms. The molecule has 3 aromatic rings. The van der Waals surface area contributed by atoms with E-state index in [0.29, 0.717) is 16.8 Å². The SMILES string of the molecule is Cc1ccc(NC(=O)C(C)Nc2ccc3oc(=O)[nH]c3c2)c(F)c1. The standard InChI is InChI=1S/C17H16FN3O3/c1-9-3-5-13(12(18)7-9)20-16(22)10(2)19-11-4-6-15-14(8-11)21-17(23)24-15/h3-8,10,19H,1-2H3,(H,20,22)(H,21,23). The van der Waals surface area contributed by atoms with E-state index in [-0.39, 0.29) is 11.6 Å². The number of carbonyl (C=O) groups is 1. The predicted octanol–water partition coefficient (Wildman–Crippen LogP) is 3.01. The summed E-state index contributed by atoms with van der Waals surface area (Å²) in [7, 11) is 0. The number of aromatic nitrogens is 1. The van der Waals surface area contributed by atoms with Crippen LogP contribution in [0, 0.1) is 12.7 Å². The minimum atomic E-state index is -0.609. The van der Waals surface area contributed by atoms with E-state index < -0.39 is 17.6 Å². The topological polar surface area (TPSA) is 87.1 Å². The molecule has 1 atom stereocenters. The minimum Gasteiger partial charge on any atom is -0.408 e. The van der Waals surface area contributed by atoms with E-state index >= 15 is 0 Å². The van der Waals surface area contributed by atoms with Crippen LogP contribution >= 0.6 is 0 Å². The number of carbonyl (C=O) groups excluding carboxylic acids is 1. The zero-order valence-electron chi connectivity index (χ0n) is 13.1. The Kier molecular flexibility index (Phi) is 4.07. The van der Waals surface area contributed by atoms with Crippen molar-refractivity contribution in [3.8, 4) is 0 Å². The van der Waals surface area contributed by atoms with Crippen LogP contribution in [0.5, 0.6) is 0 Å². The molecule has 0 aliphatic heterocycles. The van der Waals surface area contributed by atoms with Gasteiger partial charge in [-0.05, 0) is 49.7 Å². The molecule has 6 nitrogen and oxygen atoms in total. The van der Waals surface area contributed by atoms with Crippen molar-refractivity contribution >= 4 is 28.4 Å². The predicted molar refractivity (Wildman–Crippen MR) is 89.7 cm³/mol. The van der Waals surface area contributed by atoms with E-state index in [2.05, 4.69) is 15.6 Å². The molecule has 1 heterocycles. The number of aryl methyl sites for hydroxylation is 1. The molecule has 1 unspecified atom stereocenters. The number of hydrogen-bond acceptors (Lipinski definition) is 4. The molecule has 0 bridgehead atoms. The van der Waals surface area contributed by atoms with E-state index in [0.717, 1.165) is 5.56 Å². The summed E-state index contributed by atoms with van der Waals surface area (Å²) < 4.78 is 18.7. The fraction of sp³-hybridized carbons (Fsp3) is 0.176. The summed E-state index contributed by atoms with van der Waals surface area (Å²) in [5.74, 6) is -1.39. The third-order valence-electron chi connectivity index (χ3n) is 3.58. The molecule has 0 aliphatic carbocycles. The highest BCUT2D eigenvalue weighted by molar-refractivity contribution is 5.96. The Balaban J connectivity index is 1.71. The number of rotatable bonds is 4. The number of anilines is 2. The van der Waals surface area contributed by atoms with Crippen molar-refractivity contribution in [1.82, 2.24) is 4.98 Å². The third-order valence-corrected chi connectivity index (χ3v) is 3.58. The summed E-state index contributed by atoms with van der Waals surface area (Å²) >= 11 is 0. The van der Waals surface area contributed by atoms with E-state index in [1.54, 1.807) is 38.1 Å². The highest BCUT2D eigenvalue weighted by atomic mass is 19.1. The Morgan fingerprint density at radius 3 is 2.79 bits per heavy atom. The molecule has 0 saturated carbocycles. The second-order valence-electron chi connectivity index (χ2n) is 5.56. The number of nitrogens with one attached hydrogen (secondary N) is 3. The lowest BCUT2D eigenvalue weighted by molar-refractivity contribution is -0.116. The van der Waals surface area contributed by atoms with E-state index in [4.69, 9.17) is 4.42 Å². The van der Waals surface area contributed by atoms with Gasteiger partial charge in [0.25, 0.3) is 0 Å². The molecule has 3 N–H and O–H groups in total. The molecule has 2 aromatic carbocycles. The lowest BCUT2D eigenvalue weighted by Gasteiger charge is -2.15. The van der Waals surface area contributed by atoms with E-state index in [9.17, 15) is 14.0 Å². The van der Waals surface area contributed by atoms with Gasteiger partial charge in [0, 0.05) is 5.69 Å². The van der Waals surface area contributed by atoms with Crippen LogP contribution in [0.3, 0.4) is 0 Å². The fourth-order valence-corrected chi connectivity index (χ4v) is 2.32. The number of oxazole rings is 1. The smallest absolute Gasteiger partial charge is 0.408 e. The molecule has 124 valence electrons. The van der Waals surface area contributed by atoms with Crippen molar-refractivity contribution in [2.45, 2.75) is 19.9 Å². The first-order valence-corrected chi connectivity index (χ1v) is 7.39. The molecule has 24 heavy (non-hydrogen) atoms. The number of hydrogen-bond donors (Lipinski definition) is 3. The van der Waals surface area contributed by atoms with Crippen LogP contribution in [0.4, 0.5) is 15.8 Å². The lowest BCUT2D eigenvalue weighted by atomic mass is 10.2. The van der Waals surface area contributed by atoms with Crippen LogP contribution in [0.2, 0.25) is 0 Å². The maximum absolute atomic E-state index is 13.8. The molecule has 0 radical (unpaired) electrons. The number of H-pyrrole nitrogens is 1. The Bertz CT molecular complexity index is 961. The van der Waals surface area contributed by atoms with Gasteiger partial charge in [0.05, 0.1) is 11.2 Å². The summed E-state index contributed by atoms with van der Waals surface area (Å²) in [6, 6.07) is 8.97. The van der Waals surface area contributed by atoms with Crippen LogP contribution in [0.25, 0.3) is 11.1 Å². The molecule has 0 spiro atoms. The second kappa shape index (κ2) is 6.19. The molecular weight excluding hydrogens is 313 g/mol. The Labute approximate surface area is 136 Å². The quantitative estimate of drug-likeness (QED) is 0.687. The van der Waals surface area contributed by atoms with Crippen LogP contribution in [0.15, 0.2) is 45.6 Å². The molecule has 0 fully saturated rings. The van der Waals surface area contributed by atoms with Gasteiger partial charge in [0.1, 0.15) is 11.9 Å². The molecule has 0 aliphatic rings. The first-order chi connectivity index (χ1) is 11.4. The van der Waals surface area contributed by atoms with E-state index in [1.165, 1.54) is 12.1 Å². The Morgan fingerprint density at radius 1 is 1.25 bits per heavy atom. The van der Waals surface area contributed by atoms with Crippen LogP contribution < -0.4 is 16.4 Å². The molecule has 1 aromatic heterocycles. The lowest BCUT2D eigenvalue weighted by Crippen LogP contribution is -2.32. The monoisotopic (exact) mass is 329 g/mol. The number of fused-ring (bicyclic) bond motifs is 1. The third kappa shape index (κ3) is 3.29. The first kappa shape index (κ1) is 15.8. The zero-order chi connectivity index (χ0) is 17.3. The number of benzene rings is 2. The maximum Gasteiger partial charge on any atom is 0.417 e. The van der Waals surface area contributed by atoms with Crippen LogP contribution in [0.1, 0.15) is 12.5 Å². The molecule has 3 rings (SSSR count). The normalized spacial score (nSPS) is 12.1. The largest absolute Gasteiger partial charge is 0.417 e. The number of halogens is 1. The molecule has 1 amide bonds. The van der Waals surface area contributed by atoms with Gasteiger partial charge in [0.15, 0.2) is 5.58 Å². The highest BCUT2D eigenvalue weighted by Gasteiger charge is 2.15.